The standard InChI is InChI=1S/C13H13N5O3/c1-7-4-5-14-13-16-10(17-18(7)13)11(19)15-9-3-2-8(6-9)12(20)21/h2-5,8-9H,6H2,1H3,(H,15,19)(H,20,21). The molecular weight excluding hydrogens is 274 g/mol. The van der Waals surface area contributed by atoms with Crippen LogP contribution in [0.1, 0.15) is 22.7 Å². The minimum atomic E-state index is -0.895. The Labute approximate surface area is 119 Å². The van der Waals surface area contributed by atoms with Gasteiger partial charge in [0.15, 0.2) is 0 Å². The van der Waals surface area contributed by atoms with Crippen LogP contribution in [0.4, 0.5) is 0 Å². The molecule has 2 atom stereocenters. The number of hydrogen-bond acceptors (Lipinski definition) is 5. The molecule has 0 saturated carbocycles. The summed E-state index contributed by atoms with van der Waals surface area (Å²) >= 11 is 0. The number of rotatable bonds is 3. The molecule has 0 bridgehead atoms. The number of amides is 1. The van der Waals surface area contributed by atoms with Crippen molar-refractivity contribution >= 4 is 17.7 Å². The van der Waals surface area contributed by atoms with Gasteiger partial charge in [-0.25, -0.2) is 9.50 Å². The molecule has 2 aromatic rings. The quantitative estimate of drug-likeness (QED) is 0.780. The Bertz CT molecular complexity index is 751. The minimum absolute atomic E-state index is 0.0176. The Morgan fingerprint density at radius 2 is 2.24 bits per heavy atom. The van der Waals surface area contributed by atoms with Gasteiger partial charge in [0.2, 0.25) is 5.82 Å². The molecule has 0 fully saturated rings. The lowest BCUT2D eigenvalue weighted by molar-refractivity contribution is -0.140. The molecule has 8 heteroatoms. The van der Waals surface area contributed by atoms with Gasteiger partial charge in [-0.3, -0.25) is 9.59 Å². The van der Waals surface area contributed by atoms with E-state index >= 15 is 0 Å². The molecule has 108 valence electrons. The van der Waals surface area contributed by atoms with E-state index < -0.39 is 17.8 Å². The van der Waals surface area contributed by atoms with Crippen LogP contribution in [0.25, 0.3) is 5.78 Å². The van der Waals surface area contributed by atoms with Gasteiger partial charge < -0.3 is 10.4 Å². The highest BCUT2D eigenvalue weighted by Gasteiger charge is 2.26. The van der Waals surface area contributed by atoms with Gasteiger partial charge in [-0.05, 0) is 19.4 Å². The number of aliphatic carboxylic acids is 1. The average molecular weight is 287 g/mol. The van der Waals surface area contributed by atoms with Gasteiger partial charge in [-0.2, -0.15) is 4.98 Å². The van der Waals surface area contributed by atoms with E-state index in [1.807, 2.05) is 6.92 Å². The summed E-state index contributed by atoms with van der Waals surface area (Å²) in [4.78, 5) is 31.0. The highest BCUT2D eigenvalue weighted by Crippen LogP contribution is 2.18. The summed E-state index contributed by atoms with van der Waals surface area (Å²) < 4.78 is 1.49. The van der Waals surface area contributed by atoms with Gasteiger partial charge in [-0.15, -0.1) is 5.10 Å². The summed E-state index contributed by atoms with van der Waals surface area (Å²) in [5.74, 6) is -1.53. The van der Waals surface area contributed by atoms with Crippen molar-refractivity contribution in [1.82, 2.24) is 24.9 Å². The molecule has 0 radical (unpaired) electrons. The van der Waals surface area contributed by atoms with Crippen molar-refractivity contribution in [3.05, 3.63) is 35.9 Å². The van der Waals surface area contributed by atoms with Crippen molar-refractivity contribution < 1.29 is 14.7 Å². The number of nitrogens with one attached hydrogen (secondary N) is 1. The molecule has 2 heterocycles. The molecule has 21 heavy (non-hydrogen) atoms. The Morgan fingerprint density at radius 1 is 1.43 bits per heavy atom. The minimum Gasteiger partial charge on any atom is -0.481 e. The summed E-state index contributed by atoms with van der Waals surface area (Å²) in [6, 6.07) is 1.44. The van der Waals surface area contributed by atoms with Crippen molar-refractivity contribution in [2.24, 2.45) is 5.92 Å². The third-order valence-electron chi connectivity index (χ3n) is 3.35. The molecule has 2 unspecified atom stereocenters. The SMILES string of the molecule is Cc1ccnc2nc(C(=O)NC3C=CC(C(=O)O)C3)nn12. The molecule has 3 rings (SSSR count). The number of hydrogen-bond donors (Lipinski definition) is 2. The van der Waals surface area contributed by atoms with Crippen molar-refractivity contribution in [3.63, 3.8) is 0 Å². The maximum atomic E-state index is 12.1. The molecule has 1 aliphatic rings. The highest BCUT2D eigenvalue weighted by atomic mass is 16.4. The molecule has 0 aliphatic heterocycles. The molecule has 1 amide bonds. The zero-order valence-electron chi connectivity index (χ0n) is 11.2. The zero-order valence-corrected chi connectivity index (χ0v) is 11.2. The summed E-state index contributed by atoms with van der Waals surface area (Å²) in [5.41, 5.74) is 0.818. The number of carbonyl (C=O) groups is 2. The van der Waals surface area contributed by atoms with E-state index in [1.165, 1.54) is 4.52 Å². The summed E-state index contributed by atoms with van der Waals surface area (Å²) in [6.07, 6.45) is 5.19. The molecular formula is C13H13N5O3. The fourth-order valence-electron chi connectivity index (χ4n) is 2.22. The zero-order chi connectivity index (χ0) is 15.0. The Morgan fingerprint density at radius 3 is 2.90 bits per heavy atom. The van der Waals surface area contributed by atoms with E-state index in [0.717, 1.165) is 5.69 Å². The molecule has 0 aromatic carbocycles. The summed E-state index contributed by atoms with van der Waals surface area (Å²) in [6.45, 7) is 1.84. The first-order valence-corrected chi connectivity index (χ1v) is 6.45. The predicted octanol–water partition coefficient (Wildman–Crippen LogP) is 0.192. The van der Waals surface area contributed by atoms with Gasteiger partial charge in [-0.1, -0.05) is 12.2 Å². The Balaban J connectivity index is 1.75. The smallest absolute Gasteiger partial charge is 0.310 e. The largest absolute Gasteiger partial charge is 0.481 e. The van der Waals surface area contributed by atoms with Crippen LogP contribution >= 0.6 is 0 Å². The Kier molecular flexibility index (Phi) is 3.13. The van der Waals surface area contributed by atoms with Crippen LogP contribution in [0, 0.1) is 12.8 Å². The number of aromatic nitrogens is 4. The lowest BCUT2D eigenvalue weighted by atomic mass is 10.1. The van der Waals surface area contributed by atoms with Crippen LogP contribution < -0.4 is 5.32 Å². The second kappa shape index (κ2) is 4.97. The van der Waals surface area contributed by atoms with Gasteiger partial charge in [0.25, 0.3) is 11.7 Å². The predicted molar refractivity (Wildman–Crippen MR) is 71.7 cm³/mol. The summed E-state index contributed by atoms with van der Waals surface area (Å²) in [7, 11) is 0. The van der Waals surface area contributed by atoms with Gasteiger partial charge in [0.05, 0.1) is 5.92 Å². The molecule has 1 aliphatic carbocycles. The lowest BCUT2D eigenvalue weighted by Crippen LogP contribution is -2.34. The number of fused-ring (bicyclic) bond motifs is 1. The first kappa shape index (κ1) is 13.2. The van der Waals surface area contributed by atoms with Crippen molar-refractivity contribution in [3.8, 4) is 0 Å². The first-order chi connectivity index (χ1) is 10.0. The third-order valence-corrected chi connectivity index (χ3v) is 3.35. The van der Waals surface area contributed by atoms with E-state index in [9.17, 15) is 9.59 Å². The molecule has 0 spiro atoms. The summed E-state index contributed by atoms with van der Waals surface area (Å²) in [5, 5.41) is 15.7. The second-order valence-corrected chi connectivity index (χ2v) is 4.88. The van der Waals surface area contributed by atoms with Crippen LogP contribution in [0.5, 0.6) is 0 Å². The van der Waals surface area contributed by atoms with Crippen LogP contribution in [-0.4, -0.2) is 42.6 Å². The monoisotopic (exact) mass is 287 g/mol. The number of nitrogens with zero attached hydrogens (tertiary/aromatic N) is 4. The van der Waals surface area contributed by atoms with Crippen LogP contribution in [-0.2, 0) is 4.79 Å². The average Bonchev–Trinajstić information content (AvgIpc) is 3.05. The Hall–Kier alpha value is -2.77. The topological polar surface area (TPSA) is 109 Å². The fourth-order valence-corrected chi connectivity index (χ4v) is 2.22. The molecule has 0 saturated heterocycles. The fraction of sp³-hybridized carbons (Fsp3) is 0.308. The maximum absolute atomic E-state index is 12.1. The van der Waals surface area contributed by atoms with Gasteiger partial charge in [0, 0.05) is 17.9 Å². The van der Waals surface area contributed by atoms with E-state index in [0.29, 0.717) is 12.2 Å². The first-order valence-electron chi connectivity index (χ1n) is 6.45. The number of carboxylic acids is 1. The van der Waals surface area contributed by atoms with Crippen LogP contribution in [0.15, 0.2) is 24.4 Å². The number of carbonyl (C=O) groups excluding carboxylic acids is 1. The molecule has 2 N–H and O–H groups in total. The number of carboxylic acid groups (broad SMARTS) is 1. The number of aryl methyl sites for hydroxylation is 1. The van der Waals surface area contributed by atoms with E-state index in [1.54, 1.807) is 24.4 Å². The molecule has 8 nitrogen and oxygen atoms in total. The normalized spacial score (nSPS) is 20.8. The van der Waals surface area contributed by atoms with E-state index in [-0.39, 0.29) is 11.9 Å². The lowest BCUT2D eigenvalue weighted by Gasteiger charge is -2.10. The van der Waals surface area contributed by atoms with Crippen molar-refractivity contribution in [1.29, 1.82) is 0 Å². The van der Waals surface area contributed by atoms with Crippen LogP contribution in [0.3, 0.4) is 0 Å². The maximum Gasteiger partial charge on any atom is 0.310 e. The van der Waals surface area contributed by atoms with E-state index in [4.69, 9.17) is 5.11 Å². The van der Waals surface area contributed by atoms with Gasteiger partial charge in [0.1, 0.15) is 0 Å². The van der Waals surface area contributed by atoms with Crippen molar-refractivity contribution in [2.45, 2.75) is 19.4 Å². The second-order valence-electron chi connectivity index (χ2n) is 4.88. The van der Waals surface area contributed by atoms with Gasteiger partial charge >= 0.3 is 5.97 Å². The highest BCUT2D eigenvalue weighted by molar-refractivity contribution is 5.91. The van der Waals surface area contributed by atoms with Crippen LogP contribution in [0.2, 0.25) is 0 Å². The third kappa shape index (κ3) is 2.47. The molecule has 2 aromatic heterocycles. The van der Waals surface area contributed by atoms with E-state index in [2.05, 4.69) is 20.4 Å². The van der Waals surface area contributed by atoms with Crippen molar-refractivity contribution in [2.75, 3.05) is 0 Å².